The smallest absolute Gasteiger partial charge is 0.270 e. The second-order valence-electron chi connectivity index (χ2n) is 6.00. The standard InChI is InChI=1S/C17H20N4O3S/c22-16(18-9-6-13-4-2-1-3-5-13)15-7-10-19-17(21-15)20-14-8-11-25(23,24)12-14/h1-5,7,10,14H,6,8-9,11-12H2,(H,18,22)(H,19,20,21). The molecule has 2 N–H and O–H groups in total. The third-order valence-electron chi connectivity index (χ3n) is 4.00. The van der Waals surface area contributed by atoms with Crippen LogP contribution in [0, 0.1) is 0 Å². The lowest BCUT2D eigenvalue weighted by molar-refractivity contribution is 0.0949. The van der Waals surface area contributed by atoms with Crippen molar-refractivity contribution in [3.8, 4) is 0 Å². The molecule has 1 aliphatic rings. The Bertz CT molecular complexity index is 840. The normalized spacial score (nSPS) is 18.6. The Hall–Kier alpha value is -2.48. The number of hydrogen-bond donors (Lipinski definition) is 2. The number of rotatable bonds is 6. The number of sulfone groups is 1. The van der Waals surface area contributed by atoms with Crippen molar-refractivity contribution in [3.05, 3.63) is 53.9 Å². The maximum absolute atomic E-state index is 12.2. The quantitative estimate of drug-likeness (QED) is 0.798. The van der Waals surface area contributed by atoms with Crippen LogP contribution in [0.25, 0.3) is 0 Å². The van der Waals surface area contributed by atoms with E-state index < -0.39 is 9.84 Å². The first kappa shape index (κ1) is 17.3. The van der Waals surface area contributed by atoms with Crippen molar-refractivity contribution < 1.29 is 13.2 Å². The Balaban J connectivity index is 1.54. The number of nitrogens with zero attached hydrogens (tertiary/aromatic N) is 2. The summed E-state index contributed by atoms with van der Waals surface area (Å²) in [5, 5.41) is 5.82. The predicted molar refractivity (Wildman–Crippen MR) is 95.2 cm³/mol. The number of benzene rings is 1. The molecule has 8 heteroatoms. The number of aromatic nitrogens is 2. The summed E-state index contributed by atoms with van der Waals surface area (Å²) in [6.45, 7) is 0.510. The molecule has 132 valence electrons. The fourth-order valence-electron chi connectivity index (χ4n) is 2.70. The number of carbonyl (C=O) groups excluding carboxylic acids is 1. The second kappa shape index (κ2) is 7.60. The molecule has 0 spiro atoms. The molecule has 0 aliphatic carbocycles. The van der Waals surface area contributed by atoms with E-state index in [1.165, 1.54) is 12.3 Å². The minimum absolute atomic E-state index is 0.0733. The molecule has 1 atom stereocenters. The number of carbonyl (C=O) groups is 1. The molecule has 3 rings (SSSR count). The van der Waals surface area contributed by atoms with Gasteiger partial charge in [-0.2, -0.15) is 0 Å². The zero-order valence-electron chi connectivity index (χ0n) is 13.7. The van der Waals surface area contributed by atoms with Gasteiger partial charge in [0.25, 0.3) is 5.91 Å². The van der Waals surface area contributed by atoms with Gasteiger partial charge in [0, 0.05) is 18.8 Å². The third kappa shape index (κ3) is 4.99. The maximum atomic E-state index is 12.2. The summed E-state index contributed by atoms with van der Waals surface area (Å²) in [6, 6.07) is 11.2. The van der Waals surface area contributed by atoms with Crippen LogP contribution in [-0.2, 0) is 16.3 Å². The van der Waals surface area contributed by atoms with Gasteiger partial charge in [-0.05, 0) is 24.5 Å². The molecule has 2 heterocycles. The molecule has 0 bridgehead atoms. The second-order valence-corrected chi connectivity index (χ2v) is 8.23. The fraction of sp³-hybridized carbons (Fsp3) is 0.353. The van der Waals surface area contributed by atoms with E-state index in [0.29, 0.717) is 13.0 Å². The molecule has 1 fully saturated rings. The van der Waals surface area contributed by atoms with E-state index in [4.69, 9.17) is 0 Å². The summed E-state index contributed by atoms with van der Waals surface area (Å²) in [5.41, 5.74) is 1.40. The van der Waals surface area contributed by atoms with Crippen molar-refractivity contribution in [3.63, 3.8) is 0 Å². The van der Waals surface area contributed by atoms with Gasteiger partial charge in [0.15, 0.2) is 9.84 Å². The van der Waals surface area contributed by atoms with Crippen LogP contribution in [-0.4, -0.2) is 48.4 Å². The molecule has 1 aromatic carbocycles. The molecule has 1 amide bonds. The van der Waals surface area contributed by atoms with Crippen molar-refractivity contribution in [2.75, 3.05) is 23.4 Å². The Morgan fingerprint density at radius 3 is 2.72 bits per heavy atom. The van der Waals surface area contributed by atoms with Crippen LogP contribution in [0.1, 0.15) is 22.5 Å². The van der Waals surface area contributed by atoms with Gasteiger partial charge in [0.1, 0.15) is 5.69 Å². The topological polar surface area (TPSA) is 101 Å². The summed E-state index contributed by atoms with van der Waals surface area (Å²) in [5.74, 6) is 0.243. The monoisotopic (exact) mass is 360 g/mol. The van der Waals surface area contributed by atoms with Gasteiger partial charge in [0.2, 0.25) is 5.95 Å². The van der Waals surface area contributed by atoms with Crippen LogP contribution in [0.4, 0.5) is 5.95 Å². The van der Waals surface area contributed by atoms with E-state index in [-0.39, 0.29) is 35.1 Å². The average molecular weight is 360 g/mol. The summed E-state index contributed by atoms with van der Waals surface area (Å²) in [7, 11) is -2.98. The van der Waals surface area contributed by atoms with Crippen molar-refractivity contribution in [2.24, 2.45) is 0 Å². The lowest BCUT2D eigenvalue weighted by atomic mass is 10.1. The van der Waals surface area contributed by atoms with E-state index in [0.717, 1.165) is 12.0 Å². The SMILES string of the molecule is O=C(NCCc1ccccc1)c1ccnc(NC2CCS(=O)(=O)C2)n1. The van der Waals surface area contributed by atoms with Gasteiger partial charge >= 0.3 is 0 Å². The molecule has 1 saturated heterocycles. The van der Waals surface area contributed by atoms with Crippen molar-refractivity contribution in [2.45, 2.75) is 18.9 Å². The minimum atomic E-state index is -2.98. The average Bonchev–Trinajstić information content (AvgIpc) is 2.94. The minimum Gasteiger partial charge on any atom is -0.350 e. The van der Waals surface area contributed by atoms with Crippen molar-refractivity contribution in [1.82, 2.24) is 15.3 Å². The molecule has 0 radical (unpaired) electrons. The van der Waals surface area contributed by atoms with Crippen LogP contribution in [0.2, 0.25) is 0 Å². The molecule has 1 aromatic heterocycles. The summed E-state index contributed by atoms with van der Waals surface area (Å²) < 4.78 is 23.0. The predicted octanol–water partition coefficient (Wildman–Crippen LogP) is 1.05. The molecule has 0 saturated carbocycles. The van der Waals surface area contributed by atoms with Gasteiger partial charge in [-0.15, -0.1) is 0 Å². The van der Waals surface area contributed by atoms with E-state index >= 15 is 0 Å². The number of hydrogen-bond acceptors (Lipinski definition) is 6. The van der Waals surface area contributed by atoms with Crippen LogP contribution in [0.3, 0.4) is 0 Å². The van der Waals surface area contributed by atoms with Gasteiger partial charge < -0.3 is 10.6 Å². The van der Waals surface area contributed by atoms with E-state index in [1.807, 2.05) is 30.3 Å². The Kier molecular flexibility index (Phi) is 5.28. The highest BCUT2D eigenvalue weighted by Crippen LogP contribution is 2.15. The number of amides is 1. The molecular formula is C17H20N4O3S. The van der Waals surface area contributed by atoms with Gasteiger partial charge in [-0.3, -0.25) is 4.79 Å². The summed E-state index contributed by atoms with van der Waals surface area (Å²) in [4.78, 5) is 20.4. The highest BCUT2D eigenvalue weighted by atomic mass is 32.2. The molecule has 1 aliphatic heterocycles. The molecule has 7 nitrogen and oxygen atoms in total. The first-order valence-electron chi connectivity index (χ1n) is 8.14. The largest absolute Gasteiger partial charge is 0.350 e. The zero-order valence-corrected chi connectivity index (χ0v) is 14.5. The zero-order chi connectivity index (χ0) is 17.7. The van der Waals surface area contributed by atoms with Crippen molar-refractivity contribution in [1.29, 1.82) is 0 Å². The Morgan fingerprint density at radius 1 is 1.20 bits per heavy atom. The van der Waals surface area contributed by atoms with Crippen molar-refractivity contribution >= 4 is 21.7 Å². The highest BCUT2D eigenvalue weighted by Gasteiger charge is 2.28. The Labute approximate surface area is 146 Å². The van der Waals surface area contributed by atoms with E-state index in [9.17, 15) is 13.2 Å². The molecule has 1 unspecified atom stereocenters. The van der Waals surface area contributed by atoms with Crippen LogP contribution >= 0.6 is 0 Å². The number of anilines is 1. The lowest BCUT2D eigenvalue weighted by Gasteiger charge is -2.11. The van der Waals surface area contributed by atoms with E-state index in [2.05, 4.69) is 20.6 Å². The van der Waals surface area contributed by atoms with Gasteiger partial charge in [0.05, 0.1) is 11.5 Å². The first-order chi connectivity index (χ1) is 12.0. The Morgan fingerprint density at radius 2 is 2.00 bits per heavy atom. The van der Waals surface area contributed by atoms with Crippen LogP contribution in [0.5, 0.6) is 0 Å². The number of nitrogens with one attached hydrogen (secondary N) is 2. The summed E-state index contributed by atoms with van der Waals surface area (Å²) in [6.07, 6.45) is 2.76. The molecule has 2 aromatic rings. The summed E-state index contributed by atoms with van der Waals surface area (Å²) >= 11 is 0. The highest BCUT2D eigenvalue weighted by molar-refractivity contribution is 7.91. The third-order valence-corrected chi connectivity index (χ3v) is 5.76. The lowest BCUT2D eigenvalue weighted by Crippen LogP contribution is -2.27. The fourth-order valence-corrected chi connectivity index (χ4v) is 4.38. The maximum Gasteiger partial charge on any atom is 0.270 e. The van der Waals surface area contributed by atoms with Gasteiger partial charge in [-0.1, -0.05) is 30.3 Å². The van der Waals surface area contributed by atoms with Gasteiger partial charge in [-0.25, -0.2) is 18.4 Å². The van der Waals surface area contributed by atoms with Crippen LogP contribution < -0.4 is 10.6 Å². The first-order valence-corrected chi connectivity index (χ1v) is 9.96. The molecule has 25 heavy (non-hydrogen) atoms. The molecular weight excluding hydrogens is 340 g/mol. The van der Waals surface area contributed by atoms with Crippen LogP contribution in [0.15, 0.2) is 42.6 Å². The van der Waals surface area contributed by atoms with E-state index in [1.54, 1.807) is 0 Å².